The third-order valence-corrected chi connectivity index (χ3v) is 5.43. The van der Waals surface area contributed by atoms with Crippen molar-refractivity contribution in [2.75, 3.05) is 4.72 Å². The van der Waals surface area contributed by atoms with Crippen LogP contribution in [0.4, 0.5) is 5.82 Å². The lowest BCUT2D eigenvalue weighted by atomic mass is 10.0. The number of benzene rings is 1. The van der Waals surface area contributed by atoms with Crippen LogP contribution < -0.4 is 4.72 Å². The van der Waals surface area contributed by atoms with Gasteiger partial charge >= 0.3 is 0 Å². The molecule has 0 aliphatic carbocycles. The molecule has 0 aliphatic rings. The second-order valence-corrected chi connectivity index (χ2v) is 7.11. The quantitative estimate of drug-likeness (QED) is 0.948. The first kappa shape index (κ1) is 15.6. The van der Waals surface area contributed by atoms with Crippen molar-refractivity contribution >= 4 is 15.8 Å². The van der Waals surface area contributed by atoms with Crippen LogP contribution in [-0.4, -0.2) is 18.2 Å². The van der Waals surface area contributed by atoms with E-state index in [-0.39, 0.29) is 0 Å². The Morgan fingerprint density at radius 3 is 1.95 bits per heavy atom. The Hall–Kier alpha value is -1.82. The topological polar surface area (TPSA) is 64.0 Å². The molecule has 1 N–H and O–H groups in total. The Labute approximate surface area is 126 Å². The van der Waals surface area contributed by atoms with E-state index in [9.17, 15) is 8.42 Å². The molecule has 0 saturated heterocycles. The van der Waals surface area contributed by atoms with Crippen LogP contribution in [0.3, 0.4) is 0 Å². The summed E-state index contributed by atoms with van der Waals surface area (Å²) in [6, 6.07) is 3.72. The maximum atomic E-state index is 12.8. The summed E-state index contributed by atoms with van der Waals surface area (Å²) in [4.78, 5) is 0.360. The molecule has 2 aromatic rings. The van der Waals surface area contributed by atoms with Gasteiger partial charge in [0, 0.05) is 13.1 Å². The maximum absolute atomic E-state index is 12.8. The van der Waals surface area contributed by atoms with Gasteiger partial charge in [0.15, 0.2) is 0 Å². The molecule has 1 heterocycles. The van der Waals surface area contributed by atoms with E-state index in [2.05, 4.69) is 9.82 Å². The van der Waals surface area contributed by atoms with Crippen LogP contribution in [0.5, 0.6) is 0 Å². The number of nitrogens with zero attached hydrogens (tertiary/aromatic N) is 2. The van der Waals surface area contributed by atoms with E-state index in [1.165, 1.54) is 4.68 Å². The molecule has 1 aromatic carbocycles. The predicted octanol–water partition coefficient (Wildman–Crippen LogP) is 2.76. The summed E-state index contributed by atoms with van der Waals surface area (Å²) in [7, 11) is -1.93. The van der Waals surface area contributed by atoms with E-state index in [1.807, 2.05) is 40.7 Å². The number of nitrogens with one attached hydrogen (secondary N) is 1. The Morgan fingerprint density at radius 2 is 1.52 bits per heavy atom. The van der Waals surface area contributed by atoms with Crippen molar-refractivity contribution in [1.29, 1.82) is 0 Å². The van der Waals surface area contributed by atoms with Crippen LogP contribution in [0.15, 0.2) is 17.0 Å². The van der Waals surface area contributed by atoms with Crippen LogP contribution in [0, 0.1) is 34.6 Å². The lowest BCUT2D eigenvalue weighted by Crippen LogP contribution is -2.18. The van der Waals surface area contributed by atoms with Crippen LogP contribution >= 0.6 is 0 Å². The van der Waals surface area contributed by atoms with Gasteiger partial charge in [-0.15, -0.1) is 0 Å². The number of aromatic nitrogens is 2. The van der Waals surface area contributed by atoms with Crippen LogP contribution in [0.1, 0.15) is 27.9 Å². The highest BCUT2D eigenvalue weighted by Gasteiger charge is 2.23. The SMILES string of the molecule is Cc1cc(NS(=O)(=O)c2c(C)c(C)cc(C)c2C)n(C)n1. The van der Waals surface area contributed by atoms with Crippen molar-refractivity contribution in [2.24, 2.45) is 7.05 Å². The minimum Gasteiger partial charge on any atom is -0.264 e. The number of sulfonamides is 1. The molecule has 1 aromatic heterocycles. The molecule has 0 atom stereocenters. The molecular formula is C15H21N3O2S. The van der Waals surface area contributed by atoms with Crippen LogP contribution in [0.2, 0.25) is 0 Å². The second-order valence-electron chi connectivity index (χ2n) is 5.49. The van der Waals surface area contributed by atoms with Gasteiger partial charge in [0.05, 0.1) is 10.6 Å². The second kappa shape index (κ2) is 5.18. The summed E-state index contributed by atoms with van der Waals surface area (Å²) in [5.74, 6) is 0.463. The van der Waals surface area contributed by atoms with Gasteiger partial charge in [0.25, 0.3) is 10.0 Å². The zero-order chi connectivity index (χ0) is 15.9. The molecule has 0 unspecified atom stereocenters. The summed E-state index contributed by atoms with van der Waals surface area (Å²) in [6.45, 7) is 9.35. The van der Waals surface area contributed by atoms with Crippen LogP contribution in [0.25, 0.3) is 0 Å². The smallest absolute Gasteiger partial charge is 0.263 e. The van der Waals surface area contributed by atoms with Crippen molar-refractivity contribution < 1.29 is 8.42 Å². The van der Waals surface area contributed by atoms with E-state index < -0.39 is 10.0 Å². The molecule has 0 bridgehead atoms. The Balaban J connectivity index is 2.58. The molecule has 21 heavy (non-hydrogen) atoms. The lowest BCUT2D eigenvalue weighted by Gasteiger charge is -2.16. The summed E-state index contributed by atoms with van der Waals surface area (Å²) < 4.78 is 29.7. The number of hydrogen-bond acceptors (Lipinski definition) is 3. The van der Waals surface area contributed by atoms with Crippen molar-refractivity contribution in [3.8, 4) is 0 Å². The van der Waals surface area contributed by atoms with E-state index >= 15 is 0 Å². The molecule has 0 saturated carbocycles. The van der Waals surface area contributed by atoms with E-state index in [4.69, 9.17) is 0 Å². The van der Waals surface area contributed by atoms with E-state index in [0.717, 1.165) is 27.9 Å². The van der Waals surface area contributed by atoms with Gasteiger partial charge in [-0.1, -0.05) is 6.07 Å². The highest BCUT2D eigenvalue weighted by atomic mass is 32.2. The zero-order valence-electron chi connectivity index (χ0n) is 13.3. The Kier molecular flexibility index (Phi) is 3.84. The van der Waals surface area contributed by atoms with Crippen molar-refractivity contribution in [3.63, 3.8) is 0 Å². The van der Waals surface area contributed by atoms with Gasteiger partial charge in [-0.3, -0.25) is 9.40 Å². The lowest BCUT2D eigenvalue weighted by molar-refractivity contribution is 0.598. The van der Waals surface area contributed by atoms with Crippen molar-refractivity contribution in [2.45, 2.75) is 39.5 Å². The summed E-state index contributed by atoms with van der Waals surface area (Å²) in [5, 5.41) is 4.16. The van der Waals surface area contributed by atoms with Gasteiger partial charge in [-0.2, -0.15) is 5.10 Å². The average molecular weight is 307 g/mol. The molecule has 114 valence electrons. The first-order chi connectivity index (χ1) is 9.63. The molecule has 0 radical (unpaired) electrons. The molecule has 0 fully saturated rings. The van der Waals surface area contributed by atoms with Crippen LogP contribution in [-0.2, 0) is 17.1 Å². The Morgan fingerprint density at radius 1 is 1.00 bits per heavy atom. The first-order valence-electron chi connectivity index (χ1n) is 6.74. The molecular weight excluding hydrogens is 286 g/mol. The van der Waals surface area contributed by atoms with Gasteiger partial charge < -0.3 is 0 Å². The fourth-order valence-corrected chi connectivity index (χ4v) is 4.18. The number of anilines is 1. The molecule has 0 aliphatic heterocycles. The van der Waals surface area contributed by atoms with E-state index in [0.29, 0.717) is 10.7 Å². The largest absolute Gasteiger partial charge is 0.264 e. The molecule has 6 heteroatoms. The number of aryl methyl sites for hydroxylation is 4. The molecule has 5 nitrogen and oxygen atoms in total. The van der Waals surface area contributed by atoms with Gasteiger partial charge in [0.2, 0.25) is 0 Å². The van der Waals surface area contributed by atoms with E-state index in [1.54, 1.807) is 13.1 Å². The molecule has 2 rings (SSSR count). The minimum absolute atomic E-state index is 0.360. The fourth-order valence-electron chi connectivity index (χ4n) is 2.48. The maximum Gasteiger partial charge on any atom is 0.263 e. The highest BCUT2D eigenvalue weighted by Crippen LogP contribution is 2.27. The first-order valence-corrected chi connectivity index (χ1v) is 8.22. The summed E-state index contributed by atoms with van der Waals surface area (Å²) in [6.07, 6.45) is 0. The molecule has 0 amide bonds. The third kappa shape index (κ3) is 2.81. The summed E-state index contributed by atoms with van der Waals surface area (Å²) in [5.41, 5.74) is 4.28. The van der Waals surface area contributed by atoms with Crippen molar-refractivity contribution in [3.05, 3.63) is 40.1 Å². The average Bonchev–Trinajstić information content (AvgIpc) is 2.64. The monoisotopic (exact) mass is 307 g/mol. The normalized spacial score (nSPS) is 11.7. The van der Waals surface area contributed by atoms with Gasteiger partial charge in [0.1, 0.15) is 5.82 Å². The van der Waals surface area contributed by atoms with Crippen molar-refractivity contribution in [1.82, 2.24) is 9.78 Å². The zero-order valence-corrected chi connectivity index (χ0v) is 14.1. The fraction of sp³-hybridized carbons (Fsp3) is 0.400. The summed E-state index contributed by atoms with van der Waals surface area (Å²) >= 11 is 0. The number of rotatable bonds is 3. The number of hydrogen-bond donors (Lipinski definition) is 1. The van der Waals surface area contributed by atoms with Gasteiger partial charge in [-0.05, 0) is 56.9 Å². The molecule has 0 spiro atoms. The Bertz CT molecular complexity index is 779. The third-order valence-electron chi connectivity index (χ3n) is 3.81. The van der Waals surface area contributed by atoms with Gasteiger partial charge in [-0.25, -0.2) is 8.42 Å². The highest BCUT2D eigenvalue weighted by molar-refractivity contribution is 7.92. The standard InChI is InChI=1S/C15H21N3O2S/c1-9-7-10(2)13(5)15(12(9)4)21(19,20)17-14-8-11(3)16-18(14)6/h7-8,17H,1-6H3. The minimum atomic E-state index is -3.64. The predicted molar refractivity (Wildman–Crippen MR) is 84.1 cm³/mol.